The summed E-state index contributed by atoms with van der Waals surface area (Å²) in [5.74, 6) is 0. The molecule has 0 fully saturated rings. The van der Waals surface area contributed by atoms with Crippen LogP contribution in [0.25, 0.3) is 130 Å². The zero-order chi connectivity index (χ0) is 37.2. The van der Waals surface area contributed by atoms with Crippen molar-refractivity contribution in [1.82, 2.24) is 0 Å². The van der Waals surface area contributed by atoms with Crippen molar-refractivity contribution in [1.29, 1.82) is 0 Å². The van der Waals surface area contributed by atoms with Crippen molar-refractivity contribution in [2.45, 2.75) is 0 Å². The second-order valence-electron chi connectivity index (χ2n) is 15.2. The first-order valence-corrected chi connectivity index (χ1v) is 20.3. The summed E-state index contributed by atoms with van der Waals surface area (Å²) in [5, 5.41) is 17.8. The van der Waals surface area contributed by atoms with Crippen LogP contribution < -0.4 is 0 Å². The highest BCUT2D eigenvalue weighted by atomic mass is 32.1. The largest absolute Gasteiger partial charge is 0.456 e. The van der Waals surface area contributed by atoms with E-state index in [1.165, 1.54) is 75.6 Å². The van der Waals surface area contributed by atoms with Crippen molar-refractivity contribution in [3.63, 3.8) is 0 Å². The minimum absolute atomic E-state index is 0.897. The molecule has 0 N–H and O–H groups in total. The summed E-state index contributed by atoms with van der Waals surface area (Å²) in [7, 11) is 0. The highest BCUT2D eigenvalue weighted by Gasteiger charge is 2.20. The van der Waals surface area contributed by atoms with Crippen LogP contribution in [-0.2, 0) is 0 Å². The highest BCUT2D eigenvalue weighted by Crippen LogP contribution is 2.47. The van der Waals surface area contributed by atoms with Crippen molar-refractivity contribution < 1.29 is 8.83 Å². The number of hydrogen-bond acceptors (Lipinski definition) is 3. The fourth-order valence-corrected chi connectivity index (χ4v) is 10.5. The monoisotopic (exact) mass is 742 g/mol. The van der Waals surface area contributed by atoms with Crippen molar-refractivity contribution in [2.24, 2.45) is 0 Å². The average Bonchev–Trinajstić information content (AvgIpc) is 3.97. The van der Waals surface area contributed by atoms with E-state index in [0.717, 1.165) is 54.8 Å². The second kappa shape index (κ2) is 11.7. The molecule has 264 valence electrons. The Morgan fingerprint density at radius 3 is 1.65 bits per heavy atom. The van der Waals surface area contributed by atoms with Gasteiger partial charge in [0.05, 0.1) is 0 Å². The van der Waals surface area contributed by atoms with E-state index in [1.54, 1.807) is 11.3 Å². The molecule has 0 aliphatic rings. The summed E-state index contributed by atoms with van der Waals surface area (Å²) in [6.07, 6.45) is 0. The third kappa shape index (κ3) is 4.46. The molecule has 0 amide bonds. The third-order valence-electron chi connectivity index (χ3n) is 12.1. The Morgan fingerprint density at radius 2 is 0.895 bits per heavy atom. The summed E-state index contributed by atoms with van der Waals surface area (Å²) in [4.78, 5) is 0. The van der Waals surface area contributed by atoms with Gasteiger partial charge in [0.15, 0.2) is 0 Å². The lowest BCUT2D eigenvalue weighted by atomic mass is 9.85. The quantitative estimate of drug-likeness (QED) is 0.169. The Morgan fingerprint density at radius 1 is 0.316 bits per heavy atom. The Bertz CT molecular complexity index is 3760. The second-order valence-corrected chi connectivity index (χ2v) is 16.1. The first-order chi connectivity index (χ1) is 28.2. The summed E-state index contributed by atoms with van der Waals surface area (Å²) in [5.41, 5.74) is 11.0. The number of fused-ring (bicyclic) bond motifs is 12. The summed E-state index contributed by atoms with van der Waals surface area (Å²) in [6, 6.07) is 63.8. The predicted octanol–water partition coefficient (Wildman–Crippen LogP) is 16.3. The van der Waals surface area contributed by atoms with Crippen LogP contribution in [0.5, 0.6) is 0 Å². The van der Waals surface area contributed by atoms with E-state index in [1.807, 2.05) is 0 Å². The molecule has 0 bridgehead atoms. The molecule has 0 saturated heterocycles. The molecule has 0 unspecified atom stereocenters. The van der Waals surface area contributed by atoms with Gasteiger partial charge in [-0.3, -0.25) is 0 Å². The summed E-state index contributed by atoms with van der Waals surface area (Å²) < 4.78 is 14.5. The van der Waals surface area contributed by atoms with Gasteiger partial charge < -0.3 is 8.83 Å². The van der Waals surface area contributed by atoms with E-state index in [-0.39, 0.29) is 0 Å². The van der Waals surface area contributed by atoms with Crippen molar-refractivity contribution in [2.75, 3.05) is 0 Å². The van der Waals surface area contributed by atoms with E-state index >= 15 is 0 Å². The molecule has 10 aromatic carbocycles. The maximum absolute atomic E-state index is 6.72. The van der Waals surface area contributed by atoms with Crippen LogP contribution in [0.15, 0.2) is 190 Å². The SMILES string of the molecule is c1ccc2c(-c3csc4cc5oc6cc(-c7c8ccccc8c(-c8ccc9oc%10c%11ccccc%11ccc%10c9c8)c8ccccc78)ccc6c5cc34)cccc2c1. The maximum Gasteiger partial charge on any atom is 0.143 e. The van der Waals surface area contributed by atoms with Gasteiger partial charge in [0.2, 0.25) is 0 Å². The first kappa shape index (κ1) is 31.1. The van der Waals surface area contributed by atoms with Gasteiger partial charge in [0.25, 0.3) is 0 Å². The van der Waals surface area contributed by atoms with E-state index in [0.29, 0.717) is 0 Å². The van der Waals surface area contributed by atoms with Crippen LogP contribution in [0, 0.1) is 0 Å². The molecule has 3 heteroatoms. The van der Waals surface area contributed by atoms with Crippen LogP contribution in [0.3, 0.4) is 0 Å². The lowest BCUT2D eigenvalue weighted by Gasteiger charge is -2.17. The smallest absolute Gasteiger partial charge is 0.143 e. The summed E-state index contributed by atoms with van der Waals surface area (Å²) >= 11 is 1.78. The van der Waals surface area contributed by atoms with Gasteiger partial charge in [-0.1, -0.05) is 133 Å². The number of furan rings is 2. The molecule has 0 atom stereocenters. The van der Waals surface area contributed by atoms with Crippen LogP contribution in [0.1, 0.15) is 0 Å². The lowest BCUT2D eigenvalue weighted by Crippen LogP contribution is -1.90. The highest BCUT2D eigenvalue weighted by molar-refractivity contribution is 7.17. The van der Waals surface area contributed by atoms with E-state index in [9.17, 15) is 0 Å². The Hall–Kier alpha value is -7.20. The Kier molecular flexibility index (Phi) is 6.35. The van der Waals surface area contributed by atoms with Crippen molar-refractivity contribution in [3.05, 3.63) is 181 Å². The van der Waals surface area contributed by atoms with Gasteiger partial charge in [-0.05, 0) is 113 Å². The number of thiophene rings is 1. The van der Waals surface area contributed by atoms with E-state index < -0.39 is 0 Å². The van der Waals surface area contributed by atoms with Gasteiger partial charge in [-0.2, -0.15) is 0 Å². The fraction of sp³-hybridized carbons (Fsp3) is 0. The zero-order valence-electron chi connectivity index (χ0n) is 30.5. The maximum atomic E-state index is 6.72. The first-order valence-electron chi connectivity index (χ1n) is 19.4. The molecule has 13 aromatic rings. The average molecular weight is 743 g/mol. The molecule has 13 rings (SSSR count). The van der Waals surface area contributed by atoms with Crippen LogP contribution in [-0.4, -0.2) is 0 Å². The van der Waals surface area contributed by atoms with Crippen LogP contribution in [0.4, 0.5) is 0 Å². The third-order valence-corrected chi connectivity index (χ3v) is 13.1. The molecule has 0 spiro atoms. The molecular formula is C54H30O2S. The molecule has 3 aromatic heterocycles. The van der Waals surface area contributed by atoms with Gasteiger partial charge in [0.1, 0.15) is 22.3 Å². The number of benzene rings is 10. The van der Waals surface area contributed by atoms with Gasteiger partial charge in [-0.25, -0.2) is 0 Å². The number of hydrogen-bond donors (Lipinski definition) is 0. The minimum atomic E-state index is 0.897. The molecule has 57 heavy (non-hydrogen) atoms. The van der Waals surface area contributed by atoms with Gasteiger partial charge in [-0.15, -0.1) is 11.3 Å². The van der Waals surface area contributed by atoms with E-state index in [4.69, 9.17) is 8.83 Å². The van der Waals surface area contributed by atoms with Crippen LogP contribution >= 0.6 is 11.3 Å². The van der Waals surface area contributed by atoms with Gasteiger partial charge in [0, 0.05) is 42.6 Å². The van der Waals surface area contributed by atoms with E-state index in [2.05, 4.69) is 181 Å². The van der Waals surface area contributed by atoms with Crippen molar-refractivity contribution in [3.8, 4) is 33.4 Å². The zero-order valence-corrected chi connectivity index (χ0v) is 31.4. The minimum Gasteiger partial charge on any atom is -0.456 e. The topological polar surface area (TPSA) is 26.3 Å². The standard InChI is InChI=1S/C54H30O2S/c1-3-13-35-31(10-1)12-9-19-37(35)47-30-57-51-29-50-45(28-46(47)51)38-23-21-34(27-49(38)55-50)53-41-17-7-5-15-39(41)52(40-16-6-8-18-42(40)53)33-22-25-48-44(26-33)43-24-20-32-11-2-4-14-36(32)54(43)56-48/h1-30H. The van der Waals surface area contributed by atoms with Crippen LogP contribution in [0.2, 0.25) is 0 Å². The molecule has 2 nitrogen and oxygen atoms in total. The molecule has 0 aliphatic heterocycles. The molecule has 0 aliphatic carbocycles. The Labute approximate surface area is 330 Å². The Balaban J connectivity index is 1.00. The molecular weight excluding hydrogens is 713 g/mol. The fourth-order valence-electron chi connectivity index (χ4n) is 9.53. The molecule has 3 heterocycles. The molecule has 0 saturated carbocycles. The number of rotatable bonds is 3. The lowest BCUT2D eigenvalue weighted by molar-refractivity contribution is 0.669. The molecule has 0 radical (unpaired) electrons. The normalized spacial score (nSPS) is 12.2. The van der Waals surface area contributed by atoms with Gasteiger partial charge >= 0.3 is 0 Å². The predicted molar refractivity (Wildman–Crippen MR) is 243 cm³/mol. The van der Waals surface area contributed by atoms with Crippen molar-refractivity contribution >= 4 is 108 Å². The summed E-state index contributed by atoms with van der Waals surface area (Å²) in [6.45, 7) is 0.